The summed E-state index contributed by atoms with van der Waals surface area (Å²) in [7, 11) is 0. The third kappa shape index (κ3) is 6.17. The Hall–Kier alpha value is -3.00. The molecule has 2 heterocycles. The van der Waals surface area contributed by atoms with Crippen LogP contribution >= 0.6 is 11.3 Å². The van der Waals surface area contributed by atoms with Gasteiger partial charge in [-0.2, -0.15) is 0 Å². The minimum atomic E-state index is -0.525. The summed E-state index contributed by atoms with van der Waals surface area (Å²) in [5.74, 6) is -0.238. The van der Waals surface area contributed by atoms with Gasteiger partial charge in [-0.3, -0.25) is 14.5 Å². The summed E-state index contributed by atoms with van der Waals surface area (Å²) < 4.78 is 0. The topological polar surface area (TPSA) is 78.7 Å². The highest BCUT2D eigenvalue weighted by atomic mass is 32.1. The predicted molar refractivity (Wildman–Crippen MR) is 141 cm³/mol. The van der Waals surface area contributed by atoms with Gasteiger partial charge in [0.25, 0.3) is 5.91 Å². The fourth-order valence-corrected chi connectivity index (χ4v) is 5.38. The van der Waals surface area contributed by atoms with Crippen LogP contribution in [0.2, 0.25) is 0 Å². The molecule has 0 saturated carbocycles. The minimum absolute atomic E-state index is 0.0553. The van der Waals surface area contributed by atoms with Crippen LogP contribution in [0.4, 0.5) is 0 Å². The van der Waals surface area contributed by atoms with Crippen LogP contribution in [0.15, 0.2) is 66.0 Å². The van der Waals surface area contributed by atoms with Crippen molar-refractivity contribution in [2.75, 3.05) is 19.6 Å². The van der Waals surface area contributed by atoms with Crippen LogP contribution in [0.3, 0.4) is 0 Å². The number of hydrogen-bond donors (Lipinski definition) is 2. The number of benzene rings is 2. The third-order valence-electron chi connectivity index (χ3n) is 6.67. The molecule has 2 atom stereocenters. The number of nitrogens with two attached hydrogens (primary N) is 1. The van der Waals surface area contributed by atoms with Gasteiger partial charge in [0.1, 0.15) is 6.04 Å². The smallest absolute Gasteiger partial charge is 0.254 e. The van der Waals surface area contributed by atoms with E-state index in [4.69, 9.17) is 5.73 Å². The fraction of sp³-hybridized carbons (Fsp3) is 0.357. The van der Waals surface area contributed by atoms with Crippen molar-refractivity contribution < 1.29 is 9.59 Å². The summed E-state index contributed by atoms with van der Waals surface area (Å²) in [6.45, 7) is 6.94. The molecule has 6 nitrogen and oxygen atoms in total. The van der Waals surface area contributed by atoms with E-state index in [-0.39, 0.29) is 17.9 Å². The summed E-state index contributed by atoms with van der Waals surface area (Å²) in [5, 5.41) is 5.00. The molecular weight excluding hydrogens is 456 g/mol. The molecule has 0 radical (unpaired) electrons. The first-order valence-corrected chi connectivity index (χ1v) is 13.0. The number of likely N-dealkylation sites (tertiary alicyclic amines) is 1. The second-order valence-electron chi connectivity index (χ2n) is 9.22. The van der Waals surface area contributed by atoms with Crippen molar-refractivity contribution in [3.8, 4) is 0 Å². The largest absolute Gasteiger partial charge is 0.353 e. The highest BCUT2D eigenvalue weighted by Crippen LogP contribution is 2.28. The Morgan fingerprint density at radius 3 is 2.51 bits per heavy atom. The first-order valence-electron chi connectivity index (χ1n) is 12.1. The van der Waals surface area contributed by atoms with Crippen molar-refractivity contribution in [2.45, 2.75) is 45.4 Å². The van der Waals surface area contributed by atoms with E-state index in [0.717, 1.165) is 18.7 Å². The highest BCUT2D eigenvalue weighted by Gasteiger charge is 2.42. The van der Waals surface area contributed by atoms with E-state index in [1.807, 2.05) is 31.2 Å². The van der Waals surface area contributed by atoms with Crippen LogP contribution in [-0.4, -0.2) is 53.3 Å². The van der Waals surface area contributed by atoms with E-state index >= 15 is 0 Å². The molecule has 4 rings (SSSR count). The van der Waals surface area contributed by atoms with Crippen LogP contribution in [0.25, 0.3) is 0 Å². The summed E-state index contributed by atoms with van der Waals surface area (Å²) in [4.78, 5) is 32.1. The van der Waals surface area contributed by atoms with Crippen molar-refractivity contribution >= 4 is 23.2 Å². The Morgan fingerprint density at radius 2 is 1.83 bits per heavy atom. The number of amides is 2. The lowest BCUT2D eigenvalue weighted by Gasteiger charge is -2.29. The molecule has 0 aliphatic carbocycles. The zero-order valence-electron chi connectivity index (χ0n) is 20.4. The van der Waals surface area contributed by atoms with Crippen molar-refractivity contribution in [1.29, 1.82) is 0 Å². The summed E-state index contributed by atoms with van der Waals surface area (Å²) in [6, 6.07) is 19.7. The average molecular weight is 491 g/mol. The lowest BCUT2D eigenvalue weighted by molar-refractivity contribution is -0.124. The lowest BCUT2D eigenvalue weighted by Crippen LogP contribution is -2.47. The number of hydrogen-bond acceptors (Lipinski definition) is 5. The molecular formula is C28H34N4O2S. The van der Waals surface area contributed by atoms with Gasteiger partial charge in [0, 0.05) is 49.2 Å². The molecule has 0 spiro atoms. The normalized spacial score (nSPS) is 17.7. The maximum Gasteiger partial charge on any atom is 0.254 e. The molecule has 35 heavy (non-hydrogen) atoms. The number of carbonyl (C=O) groups excluding carboxylic acids is 2. The standard InChI is InChI=1S/C28H34N4O2S/c1-20-9-11-22(12-10-20)28(34)32-18-24(16-26(32)27(33)30-14-13-29)31(19-25-8-5-15-35-25)17-23-7-4-3-6-21(23)2/h3-12,15,24,26H,13-14,16-19,29H2,1-2H3,(H,30,33). The van der Waals surface area contributed by atoms with E-state index in [9.17, 15) is 9.59 Å². The molecule has 2 aromatic carbocycles. The first kappa shape index (κ1) is 25.1. The number of aryl methyl sites for hydroxylation is 2. The van der Waals surface area contributed by atoms with E-state index in [1.165, 1.54) is 16.0 Å². The molecule has 1 fully saturated rings. The van der Waals surface area contributed by atoms with Gasteiger partial charge in [-0.25, -0.2) is 0 Å². The molecule has 1 aromatic heterocycles. The van der Waals surface area contributed by atoms with Crippen LogP contribution in [0.5, 0.6) is 0 Å². The van der Waals surface area contributed by atoms with Crippen LogP contribution in [-0.2, 0) is 17.9 Å². The van der Waals surface area contributed by atoms with E-state index in [0.29, 0.717) is 31.6 Å². The molecule has 0 bridgehead atoms. The molecule has 7 heteroatoms. The maximum absolute atomic E-state index is 13.5. The monoisotopic (exact) mass is 490 g/mol. The molecule has 1 aliphatic rings. The van der Waals surface area contributed by atoms with Gasteiger partial charge in [-0.1, -0.05) is 48.0 Å². The minimum Gasteiger partial charge on any atom is -0.353 e. The van der Waals surface area contributed by atoms with Gasteiger partial charge in [0.15, 0.2) is 0 Å². The van der Waals surface area contributed by atoms with Crippen LogP contribution in [0, 0.1) is 13.8 Å². The lowest BCUT2D eigenvalue weighted by atomic mass is 10.1. The fourth-order valence-electron chi connectivity index (χ4n) is 4.65. The molecule has 1 aliphatic heterocycles. The van der Waals surface area contributed by atoms with E-state index in [1.54, 1.807) is 16.2 Å². The van der Waals surface area contributed by atoms with E-state index in [2.05, 4.69) is 58.9 Å². The van der Waals surface area contributed by atoms with Gasteiger partial charge < -0.3 is 16.0 Å². The maximum atomic E-state index is 13.5. The van der Waals surface area contributed by atoms with E-state index < -0.39 is 6.04 Å². The second kappa shape index (κ2) is 11.6. The number of nitrogens with one attached hydrogen (secondary N) is 1. The second-order valence-corrected chi connectivity index (χ2v) is 10.3. The Labute approximate surface area is 211 Å². The van der Waals surface area contributed by atoms with Crippen LogP contribution < -0.4 is 11.1 Å². The third-order valence-corrected chi connectivity index (χ3v) is 7.54. The Bertz CT molecular complexity index is 1130. The number of rotatable bonds is 9. The van der Waals surface area contributed by atoms with Gasteiger partial charge in [0.05, 0.1) is 0 Å². The Balaban J connectivity index is 1.62. The highest BCUT2D eigenvalue weighted by molar-refractivity contribution is 7.09. The number of carbonyl (C=O) groups is 2. The predicted octanol–water partition coefficient (Wildman–Crippen LogP) is 3.73. The molecule has 2 unspecified atom stereocenters. The van der Waals surface area contributed by atoms with Crippen molar-refractivity contribution in [1.82, 2.24) is 15.1 Å². The van der Waals surface area contributed by atoms with Crippen molar-refractivity contribution in [3.05, 3.63) is 93.2 Å². The molecule has 184 valence electrons. The van der Waals surface area contributed by atoms with Gasteiger partial charge in [-0.15, -0.1) is 11.3 Å². The van der Waals surface area contributed by atoms with Gasteiger partial charge in [-0.05, 0) is 55.0 Å². The number of nitrogens with zero attached hydrogens (tertiary/aromatic N) is 2. The van der Waals surface area contributed by atoms with Crippen molar-refractivity contribution in [2.24, 2.45) is 5.73 Å². The molecule has 2 amide bonds. The number of thiophene rings is 1. The van der Waals surface area contributed by atoms with Crippen molar-refractivity contribution in [3.63, 3.8) is 0 Å². The van der Waals surface area contributed by atoms with Crippen LogP contribution in [0.1, 0.15) is 38.3 Å². The summed E-state index contributed by atoms with van der Waals surface area (Å²) in [6.07, 6.45) is 0.589. The molecule has 1 saturated heterocycles. The molecule has 3 aromatic rings. The van der Waals surface area contributed by atoms with Gasteiger partial charge in [0.2, 0.25) is 5.91 Å². The zero-order chi connectivity index (χ0) is 24.8. The summed E-state index contributed by atoms with van der Waals surface area (Å²) >= 11 is 1.73. The summed E-state index contributed by atoms with van der Waals surface area (Å²) in [5.41, 5.74) is 9.83. The average Bonchev–Trinajstić information content (AvgIpc) is 3.54. The first-order chi connectivity index (χ1) is 17.0. The quantitative estimate of drug-likeness (QED) is 0.479. The zero-order valence-corrected chi connectivity index (χ0v) is 21.3. The SMILES string of the molecule is Cc1ccc(C(=O)N2CC(N(Cc3cccs3)Cc3ccccc3C)CC2C(=O)NCCN)cc1. The Morgan fingerprint density at radius 1 is 1.06 bits per heavy atom. The molecule has 3 N–H and O–H groups in total. The Kier molecular flexibility index (Phi) is 8.33. The van der Waals surface area contributed by atoms with Gasteiger partial charge >= 0.3 is 0 Å².